The fourth-order valence-electron chi connectivity index (χ4n) is 4.03. The quantitative estimate of drug-likeness (QED) is 0.178. The van der Waals surface area contributed by atoms with Gasteiger partial charge in [-0.25, -0.2) is 9.78 Å². The number of para-hydroxylation sites is 1. The Kier molecular flexibility index (Phi) is 7.10. The van der Waals surface area contributed by atoms with Crippen molar-refractivity contribution in [1.29, 1.82) is 0 Å². The first-order valence-electron chi connectivity index (χ1n) is 12.1. The van der Waals surface area contributed by atoms with Gasteiger partial charge in [0.1, 0.15) is 17.2 Å². The molecule has 0 atom stereocenters. The maximum atomic E-state index is 12.2. The number of hydrogen-bond donors (Lipinski definition) is 1. The van der Waals surface area contributed by atoms with Crippen molar-refractivity contribution >= 4 is 22.9 Å². The van der Waals surface area contributed by atoms with Gasteiger partial charge in [0.25, 0.3) is 0 Å². The lowest BCUT2D eigenvalue weighted by Gasteiger charge is -2.19. The van der Waals surface area contributed by atoms with Gasteiger partial charge >= 0.3 is 6.16 Å². The van der Waals surface area contributed by atoms with E-state index < -0.39 is 11.8 Å². The number of carbonyl (C=O) groups is 1. The number of nitrogen functional groups attached to an aromatic ring is 1. The van der Waals surface area contributed by atoms with Crippen LogP contribution in [0, 0.1) is 0 Å². The minimum Gasteiger partial charge on any atom is -0.428 e. The van der Waals surface area contributed by atoms with Crippen LogP contribution in [0.2, 0.25) is 0 Å². The van der Waals surface area contributed by atoms with Gasteiger partial charge in [0.15, 0.2) is 0 Å². The van der Waals surface area contributed by atoms with Gasteiger partial charge in [-0.3, -0.25) is 0 Å². The van der Waals surface area contributed by atoms with E-state index in [9.17, 15) is 4.79 Å². The van der Waals surface area contributed by atoms with Crippen LogP contribution in [0.5, 0.6) is 5.75 Å². The number of aryl methyl sites for hydroxylation is 1. The van der Waals surface area contributed by atoms with Gasteiger partial charge in [-0.05, 0) is 62.6 Å². The first-order valence-corrected chi connectivity index (χ1v) is 12.1. The molecule has 1 aromatic heterocycles. The summed E-state index contributed by atoms with van der Waals surface area (Å²) in [4.78, 5) is 17.1. The monoisotopic (exact) mass is 471 g/mol. The van der Waals surface area contributed by atoms with Crippen LogP contribution in [0.4, 0.5) is 10.5 Å². The number of rotatable bonds is 7. The highest BCUT2D eigenvalue weighted by molar-refractivity contribution is 5.80. The normalized spacial score (nSPS) is 11.5. The van der Waals surface area contributed by atoms with E-state index in [0.29, 0.717) is 5.75 Å². The molecule has 0 spiro atoms. The van der Waals surface area contributed by atoms with E-state index in [1.807, 2.05) is 57.2 Å². The summed E-state index contributed by atoms with van der Waals surface area (Å²) >= 11 is 0. The van der Waals surface area contributed by atoms with Gasteiger partial charge in [0.05, 0.1) is 11.0 Å². The van der Waals surface area contributed by atoms with Crippen LogP contribution in [-0.4, -0.2) is 21.3 Å². The molecule has 4 rings (SSSR count). The van der Waals surface area contributed by atoms with Gasteiger partial charge in [0.2, 0.25) is 0 Å². The smallest absolute Gasteiger partial charge is 0.428 e. The van der Waals surface area contributed by atoms with Crippen LogP contribution < -0.4 is 10.5 Å². The van der Waals surface area contributed by atoms with Crippen LogP contribution in [0.15, 0.2) is 66.7 Å². The van der Waals surface area contributed by atoms with Crippen LogP contribution in [0.3, 0.4) is 0 Å². The maximum Gasteiger partial charge on any atom is 0.514 e. The molecule has 182 valence electrons. The first-order chi connectivity index (χ1) is 16.7. The lowest BCUT2D eigenvalue weighted by molar-refractivity contribution is 0.0207. The molecule has 6 nitrogen and oxygen atoms in total. The number of carbonyl (C=O) groups excluding carboxylic acids is 1. The van der Waals surface area contributed by atoms with Crippen molar-refractivity contribution in [2.75, 3.05) is 5.73 Å². The molecular formula is C29H33N3O3. The molecule has 1 heterocycles. The average Bonchev–Trinajstić information content (AvgIpc) is 3.13. The van der Waals surface area contributed by atoms with E-state index in [-0.39, 0.29) is 0 Å². The number of ether oxygens (including phenoxy) is 2. The van der Waals surface area contributed by atoms with Gasteiger partial charge < -0.3 is 19.8 Å². The van der Waals surface area contributed by atoms with Gasteiger partial charge in [0, 0.05) is 24.2 Å². The number of nitrogens with zero attached hydrogens (tertiary/aromatic N) is 2. The lowest BCUT2D eigenvalue weighted by atomic mass is 10.0. The Morgan fingerprint density at radius 1 is 1.03 bits per heavy atom. The van der Waals surface area contributed by atoms with E-state index in [2.05, 4.69) is 35.8 Å². The predicted octanol–water partition coefficient (Wildman–Crippen LogP) is 6.99. The van der Waals surface area contributed by atoms with Crippen molar-refractivity contribution < 1.29 is 14.3 Å². The maximum absolute atomic E-state index is 12.2. The molecule has 0 amide bonds. The van der Waals surface area contributed by atoms with E-state index in [4.69, 9.17) is 20.2 Å². The van der Waals surface area contributed by atoms with Crippen molar-refractivity contribution in [2.45, 2.75) is 59.1 Å². The Balaban J connectivity index is 1.58. The number of hydrogen-bond acceptors (Lipinski definition) is 5. The second-order valence-corrected chi connectivity index (χ2v) is 9.73. The number of unbranched alkanes of at least 4 members (excludes halogenated alkanes) is 1. The molecule has 4 aromatic rings. The van der Waals surface area contributed by atoms with Crippen molar-refractivity contribution in [1.82, 2.24) is 9.55 Å². The summed E-state index contributed by atoms with van der Waals surface area (Å²) in [6, 6.07) is 21.7. The fourth-order valence-corrected chi connectivity index (χ4v) is 4.03. The molecule has 3 aromatic carbocycles. The molecule has 0 aliphatic carbocycles. The number of nitrogens with two attached hydrogens (primary N) is 1. The van der Waals surface area contributed by atoms with E-state index >= 15 is 0 Å². The summed E-state index contributed by atoms with van der Waals surface area (Å²) in [6.45, 7) is 8.34. The Hall–Kier alpha value is -3.80. The van der Waals surface area contributed by atoms with Crippen molar-refractivity contribution in [3.63, 3.8) is 0 Å². The Labute approximate surface area is 206 Å². The molecule has 0 unspecified atom stereocenters. The Morgan fingerprint density at radius 2 is 1.77 bits per heavy atom. The zero-order valence-electron chi connectivity index (χ0n) is 20.9. The summed E-state index contributed by atoms with van der Waals surface area (Å²) in [6.07, 6.45) is 2.42. The summed E-state index contributed by atoms with van der Waals surface area (Å²) in [7, 11) is 0. The average molecular weight is 472 g/mol. The molecule has 0 bridgehead atoms. The van der Waals surface area contributed by atoms with Crippen LogP contribution in [0.25, 0.3) is 22.2 Å². The molecule has 0 aliphatic heterocycles. The standard InChI is InChI=1S/C29H33N3O3/c1-5-6-11-27-31-24-18-22(30)16-17-25(24)32(27)19-20-12-14-21(15-13-20)23-9-7-8-10-26(23)34-28(33)35-29(2,3)4/h7-10,12-18H,5-6,11,19,30H2,1-4H3. The highest BCUT2D eigenvalue weighted by Crippen LogP contribution is 2.31. The molecule has 0 radical (unpaired) electrons. The van der Waals surface area contributed by atoms with E-state index in [1.54, 1.807) is 6.07 Å². The highest BCUT2D eigenvalue weighted by Gasteiger charge is 2.19. The number of benzene rings is 3. The lowest BCUT2D eigenvalue weighted by Crippen LogP contribution is -2.26. The predicted molar refractivity (Wildman–Crippen MR) is 141 cm³/mol. The topological polar surface area (TPSA) is 79.4 Å². The van der Waals surface area contributed by atoms with E-state index in [0.717, 1.165) is 65.0 Å². The Morgan fingerprint density at radius 3 is 2.49 bits per heavy atom. The zero-order valence-corrected chi connectivity index (χ0v) is 20.9. The molecule has 2 N–H and O–H groups in total. The molecule has 35 heavy (non-hydrogen) atoms. The minimum atomic E-state index is -0.714. The number of imidazole rings is 1. The molecule has 0 aliphatic rings. The summed E-state index contributed by atoms with van der Waals surface area (Å²) in [5.74, 6) is 1.54. The molecular weight excluding hydrogens is 438 g/mol. The molecule has 0 saturated heterocycles. The summed E-state index contributed by atoms with van der Waals surface area (Å²) in [5, 5.41) is 0. The highest BCUT2D eigenvalue weighted by atomic mass is 16.7. The third-order valence-corrected chi connectivity index (χ3v) is 5.68. The van der Waals surface area contributed by atoms with Crippen LogP contribution >= 0.6 is 0 Å². The molecule has 0 fully saturated rings. The van der Waals surface area contributed by atoms with Gasteiger partial charge in [-0.1, -0.05) is 55.8 Å². The number of aromatic nitrogens is 2. The third kappa shape index (κ3) is 6.01. The van der Waals surface area contributed by atoms with Crippen molar-refractivity contribution in [3.05, 3.63) is 78.1 Å². The SMILES string of the molecule is CCCCc1nc2cc(N)ccc2n1Cc1ccc(-c2ccccc2OC(=O)OC(C)(C)C)cc1. The summed E-state index contributed by atoms with van der Waals surface area (Å²) < 4.78 is 13.1. The molecule has 6 heteroatoms. The summed E-state index contributed by atoms with van der Waals surface area (Å²) in [5.41, 5.74) is 11.1. The van der Waals surface area contributed by atoms with Crippen molar-refractivity contribution in [3.8, 4) is 16.9 Å². The largest absolute Gasteiger partial charge is 0.514 e. The third-order valence-electron chi connectivity index (χ3n) is 5.68. The number of fused-ring (bicyclic) bond motifs is 1. The fraction of sp³-hybridized carbons (Fsp3) is 0.310. The van der Waals surface area contributed by atoms with Crippen LogP contribution in [0.1, 0.15) is 51.9 Å². The Bertz CT molecular complexity index is 1320. The van der Waals surface area contributed by atoms with Gasteiger partial charge in [-0.15, -0.1) is 0 Å². The zero-order chi connectivity index (χ0) is 25.0. The minimum absolute atomic E-state index is 0.467. The molecule has 0 saturated carbocycles. The number of anilines is 1. The van der Waals surface area contributed by atoms with Gasteiger partial charge in [-0.2, -0.15) is 0 Å². The first kappa shape index (κ1) is 24.3. The van der Waals surface area contributed by atoms with Crippen LogP contribution in [-0.2, 0) is 17.7 Å². The van der Waals surface area contributed by atoms with Crippen molar-refractivity contribution in [2.24, 2.45) is 0 Å². The second kappa shape index (κ2) is 10.2. The van der Waals surface area contributed by atoms with E-state index in [1.165, 1.54) is 0 Å². The second-order valence-electron chi connectivity index (χ2n) is 9.73.